The Kier molecular flexibility index (Phi) is 5.41. The first-order chi connectivity index (χ1) is 12.3. The van der Waals surface area contributed by atoms with E-state index < -0.39 is 21.7 Å². The molecule has 0 atom stereocenters. The molecule has 0 spiro atoms. The lowest BCUT2D eigenvalue weighted by molar-refractivity contribution is 0.120. The molecular formula is C19H21F2NO3S. The van der Waals surface area contributed by atoms with Crippen LogP contribution in [0.3, 0.4) is 0 Å². The van der Waals surface area contributed by atoms with Gasteiger partial charge in [0.1, 0.15) is 11.6 Å². The van der Waals surface area contributed by atoms with Crippen molar-refractivity contribution in [3.63, 3.8) is 0 Å². The SMILES string of the molecule is Cc1cc(S(=O)(=O)N[C@H]2CC[C@H](O)CC2)ccc1-c1ccc(F)cc1F. The van der Waals surface area contributed by atoms with E-state index >= 15 is 0 Å². The minimum atomic E-state index is -3.70. The zero-order valence-corrected chi connectivity index (χ0v) is 15.2. The smallest absolute Gasteiger partial charge is 0.240 e. The molecule has 0 unspecified atom stereocenters. The molecule has 140 valence electrons. The number of aryl methyl sites for hydroxylation is 1. The first kappa shape index (κ1) is 18.9. The molecule has 0 aliphatic heterocycles. The Morgan fingerprint density at radius 2 is 1.65 bits per heavy atom. The van der Waals surface area contributed by atoms with Crippen molar-refractivity contribution < 1.29 is 22.3 Å². The van der Waals surface area contributed by atoms with Gasteiger partial charge in [0.2, 0.25) is 10.0 Å². The van der Waals surface area contributed by atoms with E-state index in [4.69, 9.17) is 0 Å². The molecule has 0 heterocycles. The molecule has 26 heavy (non-hydrogen) atoms. The van der Waals surface area contributed by atoms with Crippen LogP contribution in [0.15, 0.2) is 41.3 Å². The number of hydrogen-bond acceptors (Lipinski definition) is 3. The fourth-order valence-corrected chi connectivity index (χ4v) is 4.68. The second-order valence-corrected chi connectivity index (χ2v) is 8.44. The molecule has 0 bridgehead atoms. The highest BCUT2D eigenvalue weighted by Gasteiger charge is 2.25. The molecule has 0 saturated heterocycles. The van der Waals surface area contributed by atoms with Gasteiger partial charge in [-0.15, -0.1) is 0 Å². The Labute approximate surface area is 151 Å². The van der Waals surface area contributed by atoms with Crippen LogP contribution in [0, 0.1) is 18.6 Å². The molecule has 0 amide bonds. The van der Waals surface area contributed by atoms with Crippen LogP contribution in [0.4, 0.5) is 8.78 Å². The Morgan fingerprint density at radius 3 is 2.27 bits per heavy atom. The Balaban J connectivity index is 1.84. The quantitative estimate of drug-likeness (QED) is 0.852. The summed E-state index contributed by atoms with van der Waals surface area (Å²) in [6.07, 6.45) is 1.99. The van der Waals surface area contributed by atoms with Crippen molar-refractivity contribution in [2.75, 3.05) is 0 Å². The van der Waals surface area contributed by atoms with Crippen molar-refractivity contribution in [3.8, 4) is 11.1 Å². The van der Waals surface area contributed by atoms with E-state index in [-0.39, 0.29) is 22.6 Å². The van der Waals surface area contributed by atoms with Gasteiger partial charge in [-0.2, -0.15) is 0 Å². The van der Waals surface area contributed by atoms with Gasteiger partial charge < -0.3 is 5.11 Å². The van der Waals surface area contributed by atoms with Crippen molar-refractivity contribution in [3.05, 3.63) is 53.6 Å². The molecule has 2 aromatic carbocycles. The van der Waals surface area contributed by atoms with Gasteiger partial charge in [-0.1, -0.05) is 6.07 Å². The molecule has 3 rings (SSSR count). The van der Waals surface area contributed by atoms with E-state index in [1.807, 2.05) is 0 Å². The van der Waals surface area contributed by atoms with Gasteiger partial charge in [0.15, 0.2) is 0 Å². The monoisotopic (exact) mass is 381 g/mol. The van der Waals surface area contributed by atoms with Crippen LogP contribution in [0.25, 0.3) is 11.1 Å². The zero-order chi connectivity index (χ0) is 18.9. The average molecular weight is 381 g/mol. The first-order valence-corrected chi connectivity index (χ1v) is 10.0. The van der Waals surface area contributed by atoms with Crippen molar-refractivity contribution in [2.24, 2.45) is 0 Å². The second kappa shape index (κ2) is 7.42. The van der Waals surface area contributed by atoms with E-state index in [0.717, 1.165) is 6.07 Å². The maximum atomic E-state index is 14.0. The van der Waals surface area contributed by atoms with Crippen LogP contribution in [-0.2, 0) is 10.0 Å². The maximum Gasteiger partial charge on any atom is 0.240 e. The molecule has 1 saturated carbocycles. The van der Waals surface area contributed by atoms with E-state index in [9.17, 15) is 22.3 Å². The summed E-state index contributed by atoms with van der Waals surface area (Å²) in [5.41, 5.74) is 1.32. The number of rotatable bonds is 4. The van der Waals surface area contributed by atoms with Crippen molar-refractivity contribution in [2.45, 2.75) is 49.6 Å². The maximum absolute atomic E-state index is 14.0. The predicted molar refractivity (Wildman–Crippen MR) is 95.1 cm³/mol. The lowest BCUT2D eigenvalue weighted by Gasteiger charge is -2.26. The molecule has 7 heteroatoms. The Hall–Kier alpha value is -1.83. The molecule has 1 fully saturated rings. The molecule has 4 nitrogen and oxygen atoms in total. The number of aliphatic hydroxyl groups excluding tert-OH is 1. The van der Waals surface area contributed by atoms with Gasteiger partial charge in [-0.25, -0.2) is 21.9 Å². The number of halogens is 2. The van der Waals surface area contributed by atoms with E-state index in [1.165, 1.54) is 30.3 Å². The summed E-state index contributed by atoms with van der Waals surface area (Å²) >= 11 is 0. The summed E-state index contributed by atoms with van der Waals surface area (Å²) in [5, 5.41) is 9.53. The van der Waals surface area contributed by atoms with Crippen LogP contribution in [0.2, 0.25) is 0 Å². The highest BCUT2D eigenvalue weighted by Crippen LogP contribution is 2.29. The molecule has 1 aliphatic carbocycles. The van der Waals surface area contributed by atoms with Gasteiger partial charge >= 0.3 is 0 Å². The molecular weight excluding hydrogens is 360 g/mol. The van der Waals surface area contributed by atoms with Gasteiger partial charge in [-0.3, -0.25) is 0 Å². The molecule has 2 N–H and O–H groups in total. The summed E-state index contributed by atoms with van der Waals surface area (Å²) in [7, 11) is -3.70. The van der Waals surface area contributed by atoms with Crippen molar-refractivity contribution in [1.82, 2.24) is 4.72 Å². The molecule has 2 aromatic rings. The summed E-state index contributed by atoms with van der Waals surface area (Å²) < 4.78 is 55.0. The van der Waals surface area contributed by atoms with Gasteiger partial charge in [-0.05, 0) is 68.0 Å². The van der Waals surface area contributed by atoms with E-state index in [1.54, 1.807) is 6.92 Å². The third-order valence-corrected chi connectivity index (χ3v) is 6.27. The van der Waals surface area contributed by atoms with Gasteiger partial charge in [0.05, 0.1) is 11.0 Å². The highest BCUT2D eigenvalue weighted by molar-refractivity contribution is 7.89. The average Bonchev–Trinajstić information content (AvgIpc) is 2.57. The van der Waals surface area contributed by atoms with Crippen molar-refractivity contribution >= 4 is 10.0 Å². The number of sulfonamides is 1. The summed E-state index contributed by atoms with van der Waals surface area (Å²) in [5.74, 6) is -1.35. The van der Waals surface area contributed by atoms with Crippen molar-refractivity contribution in [1.29, 1.82) is 0 Å². The highest BCUT2D eigenvalue weighted by atomic mass is 32.2. The summed E-state index contributed by atoms with van der Waals surface area (Å²) in [6.45, 7) is 1.69. The van der Waals surface area contributed by atoms with Gasteiger partial charge in [0, 0.05) is 17.7 Å². The molecule has 0 aromatic heterocycles. The lowest BCUT2D eigenvalue weighted by atomic mass is 9.94. The van der Waals surface area contributed by atoms with E-state index in [2.05, 4.69) is 4.72 Å². The van der Waals surface area contributed by atoms with Crippen LogP contribution in [0.5, 0.6) is 0 Å². The Morgan fingerprint density at radius 1 is 1.00 bits per heavy atom. The zero-order valence-electron chi connectivity index (χ0n) is 14.4. The van der Waals surface area contributed by atoms with Crippen LogP contribution in [-0.4, -0.2) is 25.7 Å². The minimum Gasteiger partial charge on any atom is -0.393 e. The summed E-state index contributed by atoms with van der Waals surface area (Å²) in [6, 6.07) is 7.55. The third kappa shape index (κ3) is 4.11. The standard InChI is InChI=1S/C19H21F2NO3S/c1-12-10-16(26(24,25)22-14-3-5-15(23)6-4-14)7-9-17(12)18-8-2-13(20)11-19(18)21/h2,7-11,14-15,22-23H,3-6H2,1H3/t14-,15-. The lowest BCUT2D eigenvalue weighted by Crippen LogP contribution is -2.38. The van der Waals surface area contributed by atoms with E-state index in [0.29, 0.717) is 36.8 Å². The van der Waals surface area contributed by atoms with Crippen LogP contribution >= 0.6 is 0 Å². The topological polar surface area (TPSA) is 66.4 Å². The third-order valence-electron chi connectivity index (χ3n) is 4.75. The normalized spacial score (nSPS) is 20.9. The fourth-order valence-electron chi connectivity index (χ4n) is 3.29. The summed E-state index contributed by atoms with van der Waals surface area (Å²) in [4.78, 5) is 0.104. The first-order valence-electron chi connectivity index (χ1n) is 8.53. The fraction of sp³-hybridized carbons (Fsp3) is 0.368. The largest absolute Gasteiger partial charge is 0.393 e. The molecule has 0 radical (unpaired) electrons. The Bertz CT molecular complexity index is 907. The number of benzene rings is 2. The second-order valence-electron chi connectivity index (χ2n) is 6.73. The predicted octanol–water partition coefficient (Wildman–Crippen LogP) is 3.52. The molecule has 1 aliphatic rings. The number of aliphatic hydroxyl groups is 1. The minimum absolute atomic E-state index is 0.104. The number of hydrogen-bond donors (Lipinski definition) is 2. The number of nitrogens with one attached hydrogen (secondary N) is 1. The van der Waals surface area contributed by atoms with Gasteiger partial charge in [0.25, 0.3) is 0 Å². The van der Waals surface area contributed by atoms with Crippen LogP contribution < -0.4 is 4.72 Å². The van der Waals surface area contributed by atoms with Crippen LogP contribution in [0.1, 0.15) is 31.2 Å².